The molecule has 0 aliphatic carbocycles. The Morgan fingerprint density at radius 3 is 2.87 bits per heavy atom. The Kier molecular flexibility index (Phi) is 6.24. The second-order valence-electron chi connectivity index (χ2n) is 8.37. The molecule has 8 heteroatoms. The van der Waals surface area contributed by atoms with Crippen LogP contribution in [0.2, 0.25) is 0 Å². The molecule has 2 aromatic rings. The third-order valence-corrected chi connectivity index (χ3v) is 4.82. The summed E-state index contributed by atoms with van der Waals surface area (Å²) in [5.41, 5.74) is 2.38. The van der Waals surface area contributed by atoms with Gasteiger partial charge in [-0.3, -0.25) is 14.5 Å². The predicted molar refractivity (Wildman–Crippen MR) is 115 cm³/mol. The number of nitrogens with zero attached hydrogens (tertiary/aromatic N) is 3. The summed E-state index contributed by atoms with van der Waals surface area (Å²) in [6.45, 7) is 7.42. The van der Waals surface area contributed by atoms with E-state index < -0.39 is 17.7 Å². The molecule has 8 nitrogen and oxygen atoms in total. The number of nitrogens with one attached hydrogen (secondary N) is 2. The summed E-state index contributed by atoms with van der Waals surface area (Å²) >= 11 is 0. The molecule has 2 amide bonds. The van der Waals surface area contributed by atoms with Crippen molar-refractivity contribution >= 4 is 17.7 Å². The lowest BCUT2D eigenvalue weighted by molar-refractivity contribution is -0.118. The van der Waals surface area contributed by atoms with Gasteiger partial charge in [0.15, 0.2) is 0 Å². The average molecular weight is 412 g/mol. The highest BCUT2D eigenvalue weighted by molar-refractivity contribution is 5.96. The maximum atomic E-state index is 12.8. The van der Waals surface area contributed by atoms with Crippen LogP contribution >= 0.6 is 0 Å². The lowest BCUT2D eigenvalue weighted by atomic mass is 10.00. The standard InChI is InChI=1S/C22H29N5O3/c1-6-14-8-7-9-16(26-21(29)30-22(2,3)4)17-12-15(10-11-23-17)19-18(25-20(14)28)13-24-27(19)5/h7-8,10-14,16H,6,9H2,1-5H3,(H,25,28)(H,26,29)/b8-7+/t14-,16?/m1/s1. The van der Waals surface area contributed by atoms with E-state index in [9.17, 15) is 9.59 Å². The summed E-state index contributed by atoms with van der Waals surface area (Å²) in [5, 5.41) is 10.2. The van der Waals surface area contributed by atoms with Crippen molar-refractivity contribution in [2.75, 3.05) is 5.32 Å². The average Bonchev–Trinajstić information content (AvgIpc) is 3.02. The van der Waals surface area contributed by atoms with E-state index in [1.807, 2.05) is 59.0 Å². The second-order valence-corrected chi connectivity index (χ2v) is 8.37. The Balaban J connectivity index is 2.03. The second kappa shape index (κ2) is 8.69. The third-order valence-electron chi connectivity index (χ3n) is 4.82. The minimum Gasteiger partial charge on any atom is -0.444 e. The molecule has 0 saturated heterocycles. The smallest absolute Gasteiger partial charge is 0.408 e. The molecule has 3 rings (SSSR count). The summed E-state index contributed by atoms with van der Waals surface area (Å²) in [7, 11) is 1.82. The van der Waals surface area contributed by atoms with Crippen molar-refractivity contribution in [3.63, 3.8) is 0 Å². The van der Waals surface area contributed by atoms with Crippen LogP contribution in [0.15, 0.2) is 36.7 Å². The van der Waals surface area contributed by atoms with Gasteiger partial charge in [-0.1, -0.05) is 19.1 Å². The van der Waals surface area contributed by atoms with Crippen molar-refractivity contribution in [3.8, 4) is 11.3 Å². The number of rotatable bonds is 2. The van der Waals surface area contributed by atoms with Crippen molar-refractivity contribution in [2.24, 2.45) is 13.0 Å². The molecule has 0 spiro atoms. The summed E-state index contributed by atoms with van der Waals surface area (Å²) in [4.78, 5) is 29.7. The molecule has 0 saturated carbocycles. The number of carbonyl (C=O) groups excluding carboxylic acids is 2. The van der Waals surface area contributed by atoms with Gasteiger partial charge in [0, 0.05) is 18.8 Å². The number of hydrogen-bond donors (Lipinski definition) is 2. The maximum Gasteiger partial charge on any atom is 0.408 e. The Bertz CT molecular complexity index is 958. The lowest BCUT2D eigenvalue weighted by Gasteiger charge is -2.23. The van der Waals surface area contributed by atoms with E-state index in [4.69, 9.17) is 4.74 Å². The van der Waals surface area contributed by atoms with Gasteiger partial charge < -0.3 is 15.4 Å². The number of anilines is 1. The quantitative estimate of drug-likeness (QED) is 0.729. The molecule has 0 fully saturated rings. The molecule has 2 N–H and O–H groups in total. The number of carbonyl (C=O) groups is 2. The fourth-order valence-corrected chi connectivity index (χ4v) is 3.37. The van der Waals surface area contributed by atoms with Crippen LogP contribution in [0.3, 0.4) is 0 Å². The van der Waals surface area contributed by atoms with Crippen molar-refractivity contribution in [1.82, 2.24) is 20.1 Å². The molecule has 30 heavy (non-hydrogen) atoms. The summed E-state index contributed by atoms with van der Waals surface area (Å²) in [6.07, 6.45) is 7.76. The zero-order valence-electron chi connectivity index (χ0n) is 18.1. The monoisotopic (exact) mass is 411 g/mol. The van der Waals surface area contributed by atoms with Gasteiger partial charge >= 0.3 is 6.09 Å². The topological polar surface area (TPSA) is 98.1 Å². The van der Waals surface area contributed by atoms with E-state index in [0.717, 1.165) is 11.3 Å². The highest BCUT2D eigenvalue weighted by Gasteiger charge is 2.24. The van der Waals surface area contributed by atoms with Crippen LogP contribution in [0.1, 0.15) is 52.3 Å². The number of pyridine rings is 1. The van der Waals surface area contributed by atoms with Gasteiger partial charge in [-0.2, -0.15) is 5.10 Å². The molecule has 2 aromatic heterocycles. The highest BCUT2D eigenvalue weighted by atomic mass is 16.6. The molecule has 160 valence electrons. The molecular weight excluding hydrogens is 382 g/mol. The number of aryl methyl sites for hydroxylation is 1. The van der Waals surface area contributed by atoms with Gasteiger partial charge in [-0.15, -0.1) is 0 Å². The molecule has 2 atom stereocenters. The first kappa shape index (κ1) is 21.5. The van der Waals surface area contributed by atoms with Gasteiger partial charge in [-0.25, -0.2) is 4.79 Å². The van der Waals surface area contributed by atoms with Crippen molar-refractivity contribution < 1.29 is 14.3 Å². The van der Waals surface area contributed by atoms with Crippen molar-refractivity contribution in [3.05, 3.63) is 42.4 Å². The normalized spacial score (nSPS) is 20.2. The number of alkyl carbamates (subject to hydrolysis) is 1. The van der Waals surface area contributed by atoms with Crippen LogP contribution in [-0.4, -0.2) is 32.4 Å². The molecular formula is C22H29N5O3. The fourth-order valence-electron chi connectivity index (χ4n) is 3.37. The van der Waals surface area contributed by atoms with Crippen LogP contribution in [0.4, 0.5) is 10.5 Å². The summed E-state index contributed by atoms with van der Waals surface area (Å²) in [6, 6.07) is 3.37. The number of amides is 2. The van der Waals surface area contributed by atoms with Crippen LogP contribution in [0.5, 0.6) is 0 Å². The van der Waals surface area contributed by atoms with E-state index in [2.05, 4.69) is 20.7 Å². The van der Waals surface area contributed by atoms with Crippen molar-refractivity contribution in [1.29, 1.82) is 0 Å². The number of hydrogen-bond acceptors (Lipinski definition) is 5. The Hall–Kier alpha value is -3.16. The molecule has 2 bridgehead atoms. The number of aromatic nitrogens is 3. The molecule has 1 aliphatic rings. The lowest BCUT2D eigenvalue weighted by Crippen LogP contribution is -2.35. The minimum absolute atomic E-state index is 0.0884. The molecule has 3 heterocycles. The predicted octanol–water partition coefficient (Wildman–Crippen LogP) is 3.97. The van der Waals surface area contributed by atoms with E-state index in [1.165, 1.54) is 0 Å². The first-order valence-electron chi connectivity index (χ1n) is 10.1. The Morgan fingerprint density at radius 1 is 1.40 bits per heavy atom. The first-order valence-corrected chi connectivity index (χ1v) is 10.1. The van der Waals surface area contributed by atoms with Gasteiger partial charge in [0.2, 0.25) is 5.91 Å². The largest absolute Gasteiger partial charge is 0.444 e. The number of fused-ring (bicyclic) bond motifs is 4. The van der Waals surface area contributed by atoms with Crippen LogP contribution in [0.25, 0.3) is 11.3 Å². The molecule has 0 aromatic carbocycles. The van der Waals surface area contributed by atoms with Crippen LogP contribution in [-0.2, 0) is 16.6 Å². The van der Waals surface area contributed by atoms with Gasteiger partial charge in [0.25, 0.3) is 0 Å². The van der Waals surface area contributed by atoms with E-state index in [0.29, 0.717) is 24.2 Å². The van der Waals surface area contributed by atoms with Crippen LogP contribution < -0.4 is 10.6 Å². The SMILES string of the molecule is CC[C@@H]1/C=C/CC(NC(=O)OC(C)(C)C)c2cc(ccn2)-c2c(cnn2C)NC1=O. The first-order chi connectivity index (χ1) is 14.2. The van der Waals surface area contributed by atoms with E-state index in [1.54, 1.807) is 17.1 Å². The molecule has 1 unspecified atom stereocenters. The van der Waals surface area contributed by atoms with Crippen LogP contribution in [0, 0.1) is 5.92 Å². The van der Waals surface area contributed by atoms with Gasteiger partial charge in [-0.05, 0) is 45.7 Å². The molecule has 1 aliphatic heterocycles. The zero-order chi connectivity index (χ0) is 21.9. The van der Waals surface area contributed by atoms with Crippen molar-refractivity contribution in [2.45, 2.75) is 52.2 Å². The number of ether oxygens (including phenoxy) is 1. The highest BCUT2D eigenvalue weighted by Crippen LogP contribution is 2.30. The van der Waals surface area contributed by atoms with E-state index in [-0.39, 0.29) is 11.8 Å². The summed E-state index contributed by atoms with van der Waals surface area (Å²) < 4.78 is 7.14. The van der Waals surface area contributed by atoms with E-state index >= 15 is 0 Å². The summed E-state index contributed by atoms with van der Waals surface area (Å²) in [5.74, 6) is -0.375. The molecule has 0 radical (unpaired) electrons. The Labute approximate surface area is 176 Å². The maximum absolute atomic E-state index is 12.8. The third kappa shape index (κ3) is 5.06. The van der Waals surface area contributed by atoms with Gasteiger partial charge in [0.05, 0.1) is 35.2 Å². The van der Waals surface area contributed by atoms with Gasteiger partial charge in [0.1, 0.15) is 5.60 Å². The minimum atomic E-state index is -0.602. The Morgan fingerprint density at radius 2 is 2.17 bits per heavy atom. The zero-order valence-corrected chi connectivity index (χ0v) is 18.1. The fraction of sp³-hybridized carbons (Fsp3) is 0.455.